The van der Waals surface area contributed by atoms with Gasteiger partial charge in [0.25, 0.3) is 0 Å². The average molecular weight is 281 g/mol. The molecule has 2 saturated carbocycles. The van der Waals surface area contributed by atoms with Crippen LogP contribution in [-0.2, 0) is 4.79 Å². The molecule has 2 unspecified atom stereocenters. The SMILES string of the molecule is CC(NC1CCC(C(=O)O)CC1)C(C)C1CCCCC1. The van der Waals surface area contributed by atoms with Crippen LogP contribution in [0.2, 0.25) is 0 Å². The summed E-state index contributed by atoms with van der Waals surface area (Å²) in [5.41, 5.74) is 0. The van der Waals surface area contributed by atoms with E-state index in [0.29, 0.717) is 12.1 Å². The number of hydrogen-bond acceptors (Lipinski definition) is 2. The Morgan fingerprint density at radius 3 is 2.15 bits per heavy atom. The molecule has 2 fully saturated rings. The summed E-state index contributed by atoms with van der Waals surface area (Å²) >= 11 is 0. The van der Waals surface area contributed by atoms with Gasteiger partial charge in [-0.1, -0.05) is 39.0 Å². The first-order valence-electron chi connectivity index (χ1n) is 8.56. The molecule has 3 nitrogen and oxygen atoms in total. The van der Waals surface area contributed by atoms with Gasteiger partial charge in [-0.25, -0.2) is 0 Å². The predicted molar refractivity (Wildman–Crippen MR) is 81.7 cm³/mol. The van der Waals surface area contributed by atoms with Crippen molar-refractivity contribution in [2.24, 2.45) is 17.8 Å². The fourth-order valence-electron chi connectivity index (χ4n) is 4.10. The lowest BCUT2D eigenvalue weighted by atomic mass is 9.77. The summed E-state index contributed by atoms with van der Waals surface area (Å²) in [7, 11) is 0. The van der Waals surface area contributed by atoms with Crippen molar-refractivity contribution in [3.05, 3.63) is 0 Å². The third-order valence-corrected chi connectivity index (χ3v) is 5.76. The number of aliphatic carboxylic acids is 1. The maximum Gasteiger partial charge on any atom is 0.306 e. The first-order valence-corrected chi connectivity index (χ1v) is 8.56. The van der Waals surface area contributed by atoms with E-state index in [1.54, 1.807) is 0 Å². The maximum absolute atomic E-state index is 11.0. The highest BCUT2D eigenvalue weighted by molar-refractivity contribution is 5.70. The Morgan fingerprint density at radius 2 is 1.60 bits per heavy atom. The average Bonchev–Trinajstić information content (AvgIpc) is 2.48. The Morgan fingerprint density at radius 1 is 1.00 bits per heavy atom. The standard InChI is InChI=1S/C17H31NO2/c1-12(14-6-4-3-5-7-14)13(2)18-16-10-8-15(9-11-16)17(19)20/h12-16,18H,3-11H2,1-2H3,(H,19,20). The summed E-state index contributed by atoms with van der Waals surface area (Å²) in [6.45, 7) is 4.72. The number of carboxylic acid groups (broad SMARTS) is 1. The second-order valence-corrected chi connectivity index (χ2v) is 7.10. The summed E-state index contributed by atoms with van der Waals surface area (Å²) in [5, 5.41) is 12.8. The molecule has 2 atom stereocenters. The summed E-state index contributed by atoms with van der Waals surface area (Å²) in [6, 6.07) is 1.09. The molecule has 116 valence electrons. The molecule has 2 N–H and O–H groups in total. The number of rotatable bonds is 5. The van der Waals surface area contributed by atoms with Crippen molar-refractivity contribution in [2.45, 2.75) is 83.7 Å². The molecule has 3 heteroatoms. The van der Waals surface area contributed by atoms with Crippen molar-refractivity contribution in [3.63, 3.8) is 0 Å². The fraction of sp³-hybridized carbons (Fsp3) is 0.941. The third kappa shape index (κ3) is 4.21. The van der Waals surface area contributed by atoms with Crippen molar-refractivity contribution in [2.75, 3.05) is 0 Å². The topological polar surface area (TPSA) is 49.3 Å². The van der Waals surface area contributed by atoms with Crippen LogP contribution in [0.15, 0.2) is 0 Å². The van der Waals surface area contributed by atoms with E-state index in [2.05, 4.69) is 19.2 Å². The minimum atomic E-state index is -0.605. The van der Waals surface area contributed by atoms with Gasteiger partial charge in [0.1, 0.15) is 0 Å². The molecule has 2 rings (SSSR count). The zero-order chi connectivity index (χ0) is 14.5. The van der Waals surface area contributed by atoms with Crippen LogP contribution in [0.3, 0.4) is 0 Å². The van der Waals surface area contributed by atoms with Gasteiger partial charge in [-0.15, -0.1) is 0 Å². The third-order valence-electron chi connectivity index (χ3n) is 5.76. The number of carbonyl (C=O) groups is 1. The van der Waals surface area contributed by atoms with E-state index in [0.717, 1.165) is 37.5 Å². The summed E-state index contributed by atoms with van der Waals surface area (Å²) < 4.78 is 0. The molecule has 0 radical (unpaired) electrons. The molecule has 2 aliphatic rings. The highest BCUT2D eigenvalue weighted by atomic mass is 16.4. The minimum absolute atomic E-state index is 0.0980. The number of hydrogen-bond donors (Lipinski definition) is 2. The normalized spacial score (nSPS) is 31.7. The Labute approximate surface area is 123 Å². The molecular formula is C17H31NO2. The van der Waals surface area contributed by atoms with Crippen LogP contribution in [0.1, 0.15) is 71.6 Å². The molecule has 0 aromatic heterocycles. The Hall–Kier alpha value is -0.570. The van der Waals surface area contributed by atoms with Gasteiger partial charge in [-0.3, -0.25) is 4.79 Å². The zero-order valence-corrected chi connectivity index (χ0v) is 13.1. The highest BCUT2D eigenvalue weighted by Gasteiger charge is 2.29. The summed E-state index contributed by atoms with van der Waals surface area (Å²) in [4.78, 5) is 11.0. The first kappa shape index (κ1) is 15.8. The van der Waals surface area contributed by atoms with Gasteiger partial charge >= 0.3 is 5.97 Å². The van der Waals surface area contributed by atoms with E-state index < -0.39 is 5.97 Å². The second kappa shape index (κ2) is 7.44. The van der Waals surface area contributed by atoms with Crippen molar-refractivity contribution >= 4 is 5.97 Å². The fourth-order valence-corrected chi connectivity index (χ4v) is 4.10. The van der Waals surface area contributed by atoms with Crippen LogP contribution in [-0.4, -0.2) is 23.2 Å². The lowest BCUT2D eigenvalue weighted by molar-refractivity contribution is -0.142. The Kier molecular flexibility index (Phi) is 5.88. The lowest BCUT2D eigenvalue weighted by Gasteiger charge is -2.36. The van der Waals surface area contributed by atoms with E-state index in [9.17, 15) is 4.79 Å². The maximum atomic E-state index is 11.0. The van der Waals surface area contributed by atoms with Crippen LogP contribution in [0.4, 0.5) is 0 Å². The van der Waals surface area contributed by atoms with E-state index in [1.807, 2.05) is 0 Å². The van der Waals surface area contributed by atoms with Gasteiger partial charge in [0.05, 0.1) is 5.92 Å². The highest BCUT2D eigenvalue weighted by Crippen LogP contribution is 2.32. The van der Waals surface area contributed by atoms with Crippen molar-refractivity contribution in [1.29, 1.82) is 0 Å². The van der Waals surface area contributed by atoms with Crippen LogP contribution in [0, 0.1) is 17.8 Å². The van der Waals surface area contributed by atoms with Crippen LogP contribution < -0.4 is 5.32 Å². The van der Waals surface area contributed by atoms with E-state index >= 15 is 0 Å². The van der Waals surface area contributed by atoms with E-state index in [1.165, 1.54) is 32.1 Å². The van der Waals surface area contributed by atoms with Gasteiger partial charge in [0.15, 0.2) is 0 Å². The monoisotopic (exact) mass is 281 g/mol. The molecule has 0 aliphatic heterocycles. The summed E-state index contributed by atoms with van der Waals surface area (Å²) in [6.07, 6.45) is 10.8. The van der Waals surface area contributed by atoms with Gasteiger partial charge in [-0.05, 0) is 44.4 Å². The lowest BCUT2D eigenvalue weighted by Crippen LogP contribution is -2.44. The zero-order valence-electron chi connectivity index (χ0n) is 13.1. The molecule has 2 aliphatic carbocycles. The second-order valence-electron chi connectivity index (χ2n) is 7.10. The molecule has 0 heterocycles. The Bertz CT molecular complexity index is 304. The van der Waals surface area contributed by atoms with Crippen molar-refractivity contribution in [3.8, 4) is 0 Å². The molecule has 0 bridgehead atoms. The van der Waals surface area contributed by atoms with Crippen molar-refractivity contribution in [1.82, 2.24) is 5.32 Å². The molecule has 0 saturated heterocycles. The first-order chi connectivity index (χ1) is 9.58. The molecule has 0 spiro atoms. The van der Waals surface area contributed by atoms with Crippen LogP contribution >= 0.6 is 0 Å². The van der Waals surface area contributed by atoms with Crippen molar-refractivity contribution < 1.29 is 9.90 Å². The van der Waals surface area contributed by atoms with Gasteiger partial charge in [0.2, 0.25) is 0 Å². The molecule has 0 aromatic carbocycles. The number of carboxylic acids is 1. The van der Waals surface area contributed by atoms with E-state index in [-0.39, 0.29) is 5.92 Å². The number of nitrogens with one attached hydrogen (secondary N) is 1. The van der Waals surface area contributed by atoms with Crippen LogP contribution in [0.5, 0.6) is 0 Å². The van der Waals surface area contributed by atoms with Gasteiger partial charge in [-0.2, -0.15) is 0 Å². The van der Waals surface area contributed by atoms with E-state index in [4.69, 9.17) is 5.11 Å². The quantitative estimate of drug-likeness (QED) is 0.805. The van der Waals surface area contributed by atoms with Gasteiger partial charge < -0.3 is 10.4 Å². The summed E-state index contributed by atoms with van der Waals surface area (Å²) in [5.74, 6) is 0.931. The smallest absolute Gasteiger partial charge is 0.306 e. The molecule has 0 aromatic rings. The van der Waals surface area contributed by atoms with Crippen LogP contribution in [0.25, 0.3) is 0 Å². The largest absolute Gasteiger partial charge is 0.481 e. The predicted octanol–water partition coefficient (Wildman–Crippen LogP) is 3.82. The molecular weight excluding hydrogens is 250 g/mol. The molecule has 0 amide bonds. The Balaban J connectivity index is 1.74. The molecule has 20 heavy (non-hydrogen) atoms. The van der Waals surface area contributed by atoms with Gasteiger partial charge in [0, 0.05) is 12.1 Å². The minimum Gasteiger partial charge on any atom is -0.481 e.